The van der Waals surface area contributed by atoms with E-state index in [1.165, 1.54) is 0 Å². The number of anilines is 1. The quantitative estimate of drug-likeness (QED) is 0.396. The standard InChI is InChI=1S/C25H23N5O3/c1-31-20-12-8-7-11-17(20)15-26-25-27-19-14-22(33-3)21(32-2)13-18(19)24-28-23(29-30(24)25)16-9-5-4-6-10-16/h4-14H,15H2,1-3H3,(H,26,27). The van der Waals surface area contributed by atoms with Crippen LogP contribution in [0.4, 0.5) is 5.95 Å². The molecule has 8 heteroatoms. The van der Waals surface area contributed by atoms with Gasteiger partial charge in [0.1, 0.15) is 5.75 Å². The van der Waals surface area contributed by atoms with Crippen LogP contribution in [-0.2, 0) is 6.54 Å². The minimum atomic E-state index is 0.505. The first-order chi connectivity index (χ1) is 16.2. The summed E-state index contributed by atoms with van der Waals surface area (Å²) in [5.74, 6) is 3.18. The van der Waals surface area contributed by atoms with Gasteiger partial charge in [-0.15, -0.1) is 5.10 Å². The molecular weight excluding hydrogens is 418 g/mol. The predicted octanol–water partition coefficient (Wildman–Crippen LogP) is 4.58. The van der Waals surface area contributed by atoms with Gasteiger partial charge in [-0.2, -0.15) is 4.52 Å². The van der Waals surface area contributed by atoms with Crippen molar-refractivity contribution in [1.29, 1.82) is 0 Å². The van der Waals surface area contributed by atoms with Crippen LogP contribution in [0.2, 0.25) is 0 Å². The molecule has 0 aliphatic rings. The van der Waals surface area contributed by atoms with Crippen molar-refractivity contribution in [3.8, 4) is 28.6 Å². The monoisotopic (exact) mass is 441 g/mol. The molecule has 0 aliphatic carbocycles. The number of methoxy groups -OCH3 is 3. The summed E-state index contributed by atoms with van der Waals surface area (Å²) in [6, 6.07) is 21.4. The molecule has 8 nitrogen and oxygen atoms in total. The molecule has 2 heterocycles. The SMILES string of the molecule is COc1ccccc1CNc1nc2cc(OC)c(OC)cc2c2nc(-c3ccccc3)nn12. The first-order valence-corrected chi connectivity index (χ1v) is 10.5. The highest BCUT2D eigenvalue weighted by atomic mass is 16.5. The second kappa shape index (κ2) is 8.66. The Balaban J connectivity index is 1.68. The molecule has 5 rings (SSSR count). The first kappa shape index (κ1) is 20.6. The van der Waals surface area contributed by atoms with Crippen molar-refractivity contribution in [1.82, 2.24) is 19.6 Å². The molecule has 0 unspecified atom stereocenters. The van der Waals surface area contributed by atoms with E-state index < -0.39 is 0 Å². The fraction of sp³-hybridized carbons (Fsp3) is 0.160. The predicted molar refractivity (Wildman–Crippen MR) is 127 cm³/mol. The molecule has 0 atom stereocenters. The third-order valence-electron chi connectivity index (χ3n) is 5.44. The van der Waals surface area contributed by atoms with Crippen LogP contribution in [0.3, 0.4) is 0 Å². The Hall–Kier alpha value is -4.33. The topological polar surface area (TPSA) is 82.8 Å². The van der Waals surface area contributed by atoms with Crippen LogP contribution in [0.15, 0.2) is 66.7 Å². The van der Waals surface area contributed by atoms with Gasteiger partial charge in [-0.25, -0.2) is 9.97 Å². The van der Waals surface area contributed by atoms with Gasteiger partial charge in [0, 0.05) is 29.1 Å². The van der Waals surface area contributed by atoms with Crippen LogP contribution in [0.25, 0.3) is 27.9 Å². The van der Waals surface area contributed by atoms with E-state index in [1.54, 1.807) is 25.8 Å². The highest BCUT2D eigenvalue weighted by molar-refractivity contribution is 5.95. The molecule has 0 spiro atoms. The number of para-hydroxylation sites is 1. The Kier molecular flexibility index (Phi) is 5.40. The van der Waals surface area contributed by atoms with E-state index in [0.29, 0.717) is 35.5 Å². The smallest absolute Gasteiger partial charge is 0.226 e. The lowest BCUT2D eigenvalue weighted by Crippen LogP contribution is -2.09. The molecule has 166 valence electrons. The molecule has 0 amide bonds. The van der Waals surface area contributed by atoms with Crippen molar-refractivity contribution < 1.29 is 14.2 Å². The van der Waals surface area contributed by atoms with E-state index in [4.69, 9.17) is 29.3 Å². The largest absolute Gasteiger partial charge is 0.496 e. The normalized spacial score (nSPS) is 11.0. The molecule has 0 radical (unpaired) electrons. The summed E-state index contributed by atoms with van der Waals surface area (Å²) in [7, 11) is 4.87. The zero-order chi connectivity index (χ0) is 22.8. The number of hydrogen-bond acceptors (Lipinski definition) is 7. The Morgan fingerprint density at radius 2 is 1.48 bits per heavy atom. The van der Waals surface area contributed by atoms with Gasteiger partial charge in [-0.3, -0.25) is 0 Å². The number of fused-ring (bicyclic) bond motifs is 3. The minimum Gasteiger partial charge on any atom is -0.496 e. The van der Waals surface area contributed by atoms with Crippen LogP contribution in [0.1, 0.15) is 5.56 Å². The van der Waals surface area contributed by atoms with Crippen LogP contribution in [0, 0.1) is 0 Å². The zero-order valence-corrected chi connectivity index (χ0v) is 18.6. The van der Waals surface area contributed by atoms with Gasteiger partial charge in [-0.05, 0) is 12.1 Å². The number of benzene rings is 3. The van der Waals surface area contributed by atoms with Gasteiger partial charge >= 0.3 is 0 Å². The Labute approximate surface area is 190 Å². The first-order valence-electron chi connectivity index (χ1n) is 10.5. The van der Waals surface area contributed by atoms with E-state index in [0.717, 1.165) is 27.8 Å². The average molecular weight is 441 g/mol. The molecule has 0 saturated heterocycles. The Bertz CT molecular complexity index is 1430. The highest BCUT2D eigenvalue weighted by Gasteiger charge is 2.17. The lowest BCUT2D eigenvalue weighted by molar-refractivity contribution is 0.356. The van der Waals surface area contributed by atoms with Crippen molar-refractivity contribution in [2.24, 2.45) is 0 Å². The average Bonchev–Trinajstić information content (AvgIpc) is 3.33. The van der Waals surface area contributed by atoms with Crippen LogP contribution >= 0.6 is 0 Å². The molecule has 5 aromatic rings. The third-order valence-corrected chi connectivity index (χ3v) is 5.44. The Morgan fingerprint density at radius 1 is 0.788 bits per heavy atom. The summed E-state index contributed by atoms with van der Waals surface area (Å²) in [5, 5.41) is 8.97. The van der Waals surface area contributed by atoms with Gasteiger partial charge in [0.2, 0.25) is 5.95 Å². The van der Waals surface area contributed by atoms with Gasteiger partial charge < -0.3 is 19.5 Å². The van der Waals surface area contributed by atoms with E-state index in [-0.39, 0.29) is 0 Å². The van der Waals surface area contributed by atoms with Crippen molar-refractivity contribution in [3.63, 3.8) is 0 Å². The van der Waals surface area contributed by atoms with Crippen molar-refractivity contribution in [2.75, 3.05) is 26.6 Å². The summed E-state index contributed by atoms with van der Waals surface area (Å²) in [6.45, 7) is 0.505. The van der Waals surface area contributed by atoms with Crippen molar-refractivity contribution >= 4 is 22.5 Å². The number of rotatable bonds is 7. The molecule has 0 aliphatic heterocycles. The summed E-state index contributed by atoms with van der Waals surface area (Å²) in [4.78, 5) is 9.68. The molecule has 0 saturated carbocycles. The summed E-state index contributed by atoms with van der Waals surface area (Å²) in [6.07, 6.45) is 0. The van der Waals surface area contributed by atoms with E-state index >= 15 is 0 Å². The van der Waals surface area contributed by atoms with E-state index in [2.05, 4.69) is 5.32 Å². The zero-order valence-electron chi connectivity index (χ0n) is 18.6. The summed E-state index contributed by atoms with van der Waals surface area (Å²) in [5.41, 5.74) is 3.31. The van der Waals surface area contributed by atoms with E-state index in [1.807, 2.05) is 66.7 Å². The highest BCUT2D eigenvalue weighted by Crippen LogP contribution is 2.34. The fourth-order valence-corrected chi connectivity index (χ4v) is 3.78. The molecule has 0 fully saturated rings. The number of hydrogen-bond donors (Lipinski definition) is 1. The molecule has 1 N–H and O–H groups in total. The number of aromatic nitrogens is 4. The molecule has 33 heavy (non-hydrogen) atoms. The van der Waals surface area contributed by atoms with Gasteiger partial charge in [0.05, 0.1) is 26.8 Å². The lowest BCUT2D eigenvalue weighted by atomic mass is 10.2. The van der Waals surface area contributed by atoms with E-state index in [9.17, 15) is 0 Å². The van der Waals surface area contributed by atoms with Crippen LogP contribution in [0.5, 0.6) is 17.2 Å². The number of nitrogens with one attached hydrogen (secondary N) is 1. The number of ether oxygens (including phenoxy) is 3. The molecular formula is C25H23N5O3. The maximum atomic E-state index is 5.51. The lowest BCUT2D eigenvalue weighted by Gasteiger charge is -2.13. The second-order valence-corrected chi connectivity index (χ2v) is 7.36. The summed E-state index contributed by atoms with van der Waals surface area (Å²) >= 11 is 0. The maximum absolute atomic E-state index is 5.51. The second-order valence-electron chi connectivity index (χ2n) is 7.36. The van der Waals surface area contributed by atoms with Crippen LogP contribution < -0.4 is 19.5 Å². The van der Waals surface area contributed by atoms with Gasteiger partial charge in [-0.1, -0.05) is 48.5 Å². The third kappa shape index (κ3) is 3.76. The van der Waals surface area contributed by atoms with Crippen molar-refractivity contribution in [2.45, 2.75) is 6.54 Å². The number of nitrogens with zero attached hydrogens (tertiary/aromatic N) is 4. The van der Waals surface area contributed by atoms with Crippen LogP contribution in [-0.4, -0.2) is 40.9 Å². The summed E-state index contributed by atoms with van der Waals surface area (Å²) < 4.78 is 18.2. The minimum absolute atomic E-state index is 0.505. The van der Waals surface area contributed by atoms with Crippen molar-refractivity contribution in [3.05, 3.63) is 72.3 Å². The Morgan fingerprint density at radius 3 is 2.24 bits per heavy atom. The fourth-order valence-electron chi connectivity index (χ4n) is 3.78. The molecule has 3 aromatic carbocycles. The molecule has 2 aromatic heterocycles. The maximum Gasteiger partial charge on any atom is 0.226 e. The van der Waals surface area contributed by atoms with Gasteiger partial charge in [0.25, 0.3) is 0 Å². The molecule has 0 bridgehead atoms. The van der Waals surface area contributed by atoms with Gasteiger partial charge in [0.15, 0.2) is 23.0 Å².